The zero-order valence-electron chi connectivity index (χ0n) is 13.8. The number of aliphatic carboxylic acids is 1. The first-order valence-corrected chi connectivity index (χ1v) is 9.98. The number of rotatable bonds is 9. The SMILES string of the molecule is C=C/C=C(\C=C/C)C(CNC(=O)OCCS(C)(C)C)C(=O)O. The van der Waals surface area contributed by atoms with Gasteiger partial charge in [0.05, 0.1) is 5.92 Å². The molecule has 0 aliphatic rings. The molecule has 1 amide bonds. The van der Waals surface area contributed by atoms with Crippen LogP contribution in [-0.4, -0.2) is 54.8 Å². The molecule has 0 spiro atoms. The Morgan fingerprint density at radius 2 is 2.00 bits per heavy atom. The van der Waals surface area contributed by atoms with Crippen molar-refractivity contribution in [1.82, 2.24) is 5.32 Å². The van der Waals surface area contributed by atoms with Crippen molar-refractivity contribution in [2.45, 2.75) is 6.92 Å². The fourth-order valence-electron chi connectivity index (χ4n) is 1.58. The van der Waals surface area contributed by atoms with Crippen molar-refractivity contribution in [3.63, 3.8) is 0 Å². The first-order chi connectivity index (χ1) is 10.2. The van der Waals surface area contributed by atoms with Crippen molar-refractivity contribution in [3.05, 3.63) is 36.5 Å². The molecule has 0 rings (SSSR count). The highest BCUT2D eigenvalue weighted by atomic mass is 32.3. The summed E-state index contributed by atoms with van der Waals surface area (Å²) in [4.78, 5) is 23.0. The molecule has 1 atom stereocenters. The molecule has 126 valence electrons. The number of carbonyl (C=O) groups excluding carboxylic acids is 1. The fourth-order valence-corrected chi connectivity index (χ4v) is 2.17. The Morgan fingerprint density at radius 1 is 1.36 bits per heavy atom. The lowest BCUT2D eigenvalue weighted by Gasteiger charge is -2.24. The maximum atomic E-state index is 11.6. The van der Waals surface area contributed by atoms with Crippen LogP contribution >= 0.6 is 10.0 Å². The van der Waals surface area contributed by atoms with Gasteiger partial charge in [-0.1, -0.05) is 30.9 Å². The highest BCUT2D eigenvalue weighted by Gasteiger charge is 2.21. The first kappa shape index (κ1) is 20.3. The van der Waals surface area contributed by atoms with Crippen LogP contribution in [-0.2, 0) is 9.53 Å². The van der Waals surface area contributed by atoms with Crippen molar-refractivity contribution < 1.29 is 19.4 Å². The van der Waals surface area contributed by atoms with Crippen molar-refractivity contribution in [2.75, 3.05) is 37.7 Å². The summed E-state index contributed by atoms with van der Waals surface area (Å²) in [5.41, 5.74) is 0.574. The van der Waals surface area contributed by atoms with Gasteiger partial charge in [0.15, 0.2) is 0 Å². The molecule has 0 aliphatic carbocycles. The zero-order valence-corrected chi connectivity index (χ0v) is 14.6. The lowest BCUT2D eigenvalue weighted by Crippen LogP contribution is -2.34. The summed E-state index contributed by atoms with van der Waals surface area (Å²) in [6.07, 6.45) is 12.4. The van der Waals surface area contributed by atoms with E-state index in [4.69, 9.17) is 4.74 Å². The van der Waals surface area contributed by atoms with Crippen molar-refractivity contribution in [1.29, 1.82) is 0 Å². The summed E-state index contributed by atoms with van der Waals surface area (Å²) in [6.45, 7) is 5.68. The molecule has 1 unspecified atom stereocenters. The second-order valence-corrected chi connectivity index (χ2v) is 10.2. The Hall–Kier alpha value is -1.69. The first-order valence-electron chi connectivity index (χ1n) is 6.96. The van der Waals surface area contributed by atoms with Gasteiger partial charge >= 0.3 is 12.1 Å². The van der Waals surface area contributed by atoms with Gasteiger partial charge in [-0.05, 0) is 31.3 Å². The van der Waals surface area contributed by atoms with Gasteiger partial charge in [0.25, 0.3) is 0 Å². The van der Waals surface area contributed by atoms with E-state index in [1.54, 1.807) is 25.2 Å². The number of hydrogen-bond donors (Lipinski definition) is 2. The van der Waals surface area contributed by atoms with E-state index in [2.05, 4.69) is 30.7 Å². The van der Waals surface area contributed by atoms with Crippen LogP contribution in [0.25, 0.3) is 0 Å². The Balaban J connectivity index is 4.53. The molecule has 0 aliphatic heterocycles. The minimum absolute atomic E-state index is 0.0272. The largest absolute Gasteiger partial charge is 0.481 e. The third-order valence-corrected chi connectivity index (χ3v) is 4.14. The number of carboxylic acid groups (broad SMARTS) is 1. The number of hydrogen-bond acceptors (Lipinski definition) is 3. The van der Waals surface area contributed by atoms with E-state index in [0.717, 1.165) is 5.75 Å². The molecule has 0 fully saturated rings. The van der Waals surface area contributed by atoms with Crippen LogP contribution in [0.5, 0.6) is 0 Å². The Labute approximate surface area is 134 Å². The van der Waals surface area contributed by atoms with Gasteiger partial charge in [0.1, 0.15) is 6.61 Å². The smallest absolute Gasteiger partial charge is 0.407 e. The minimum Gasteiger partial charge on any atom is -0.481 e. The van der Waals surface area contributed by atoms with Gasteiger partial charge in [0.2, 0.25) is 0 Å². The van der Waals surface area contributed by atoms with Crippen molar-refractivity contribution >= 4 is 22.1 Å². The third kappa shape index (κ3) is 9.28. The standard InChI is InChI=1S/C16H27NO4S/c1-6-8-13(9-7-2)14(15(18)19)12-17-16(20)21-10-11-22(3,4)5/h6-9,14H,1,10-12H2,2-5H3,(H,17,20)(H,18,19)/b9-7-,13-8+. The van der Waals surface area contributed by atoms with E-state index in [0.29, 0.717) is 12.2 Å². The van der Waals surface area contributed by atoms with Crippen LogP contribution in [0.15, 0.2) is 36.5 Å². The van der Waals surface area contributed by atoms with Crippen LogP contribution in [0.3, 0.4) is 0 Å². The molecule has 0 saturated heterocycles. The van der Waals surface area contributed by atoms with Crippen LogP contribution in [0.1, 0.15) is 6.92 Å². The van der Waals surface area contributed by atoms with Gasteiger partial charge in [-0.25, -0.2) is 14.8 Å². The Kier molecular flexibility index (Phi) is 9.33. The van der Waals surface area contributed by atoms with Gasteiger partial charge in [-0.3, -0.25) is 4.79 Å². The number of allylic oxidation sites excluding steroid dienone is 4. The molecule has 0 radical (unpaired) electrons. The number of amides is 1. The normalized spacial score (nSPS) is 14.5. The predicted octanol–water partition coefficient (Wildman–Crippen LogP) is 2.80. The minimum atomic E-state index is -1.01. The summed E-state index contributed by atoms with van der Waals surface area (Å²) >= 11 is 0. The molecule has 0 bridgehead atoms. The molecule has 2 N–H and O–H groups in total. The molecule has 22 heavy (non-hydrogen) atoms. The van der Waals surface area contributed by atoms with E-state index in [-0.39, 0.29) is 6.54 Å². The topological polar surface area (TPSA) is 75.6 Å². The van der Waals surface area contributed by atoms with Crippen LogP contribution in [0.2, 0.25) is 0 Å². The number of nitrogens with one attached hydrogen (secondary N) is 1. The lowest BCUT2D eigenvalue weighted by atomic mass is 9.98. The van der Waals surface area contributed by atoms with E-state index < -0.39 is 28.0 Å². The Morgan fingerprint density at radius 3 is 2.45 bits per heavy atom. The molecule has 5 nitrogen and oxygen atoms in total. The van der Waals surface area contributed by atoms with E-state index >= 15 is 0 Å². The molecule has 0 aromatic carbocycles. The predicted molar refractivity (Wildman–Crippen MR) is 93.8 cm³/mol. The maximum absolute atomic E-state index is 11.6. The van der Waals surface area contributed by atoms with Crippen LogP contribution in [0.4, 0.5) is 4.79 Å². The third-order valence-electron chi connectivity index (χ3n) is 2.75. The second-order valence-electron chi connectivity index (χ2n) is 5.60. The summed E-state index contributed by atoms with van der Waals surface area (Å²) in [5.74, 6) is -1.02. The van der Waals surface area contributed by atoms with Crippen molar-refractivity contribution in [3.8, 4) is 0 Å². The highest BCUT2D eigenvalue weighted by molar-refractivity contribution is 8.32. The maximum Gasteiger partial charge on any atom is 0.407 e. The van der Waals surface area contributed by atoms with Gasteiger partial charge in [0, 0.05) is 12.3 Å². The van der Waals surface area contributed by atoms with E-state index in [9.17, 15) is 14.7 Å². The van der Waals surface area contributed by atoms with E-state index in [1.807, 2.05) is 0 Å². The number of carboxylic acids is 1. The average molecular weight is 329 g/mol. The van der Waals surface area contributed by atoms with Gasteiger partial charge < -0.3 is 15.2 Å². The molecule has 0 saturated carbocycles. The number of ether oxygens (including phenoxy) is 1. The number of carbonyl (C=O) groups is 2. The molecule has 6 heteroatoms. The molecular weight excluding hydrogens is 302 g/mol. The molecular formula is C16H27NO4S. The van der Waals surface area contributed by atoms with Gasteiger partial charge in [-0.15, -0.1) is 0 Å². The number of alkyl carbamates (subject to hydrolysis) is 1. The highest BCUT2D eigenvalue weighted by Crippen LogP contribution is 2.33. The average Bonchev–Trinajstić information content (AvgIpc) is 2.37. The van der Waals surface area contributed by atoms with Crippen molar-refractivity contribution in [2.24, 2.45) is 5.92 Å². The zero-order chi connectivity index (χ0) is 17.2. The fraction of sp³-hybridized carbons (Fsp3) is 0.500. The van der Waals surface area contributed by atoms with Crippen LogP contribution < -0.4 is 5.32 Å². The monoisotopic (exact) mass is 329 g/mol. The lowest BCUT2D eigenvalue weighted by molar-refractivity contribution is -0.140. The summed E-state index contributed by atoms with van der Waals surface area (Å²) in [7, 11) is -0.721. The quantitative estimate of drug-likeness (QED) is 0.638. The van der Waals surface area contributed by atoms with Gasteiger partial charge in [-0.2, -0.15) is 0 Å². The van der Waals surface area contributed by atoms with Crippen LogP contribution in [0, 0.1) is 5.92 Å². The summed E-state index contributed by atoms with van der Waals surface area (Å²) < 4.78 is 5.07. The molecule has 0 aromatic heterocycles. The van der Waals surface area contributed by atoms with E-state index in [1.165, 1.54) is 6.08 Å². The molecule has 0 aromatic rings. The summed E-state index contributed by atoms with van der Waals surface area (Å²) in [6, 6.07) is 0. The molecule has 0 heterocycles. The Bertz CT molecular complexity index is 450. The summed E-state index contributed by atoms with van der Waals surface area (Å²) in [5, 5.41) is 11.8. The second kappa shape index (κ2) is 10.1.